The number of amides is 2. The van der Waals surface area contributed by atoms with Crippen LogP contribution in [0.4, 0.5) is 15.8 Å². The van der Waals surface area contributed by atoms with Crippen molar-refractivity contribution in [1.29, 1.82) is 0 Å². The van der Waals surface area contributed by atoms with Crippen LogP contribution in [0.15, 0.2) is 59.3 Å². The van der Waals surface area contributed by atoms with Crippen molar-refractivity contribution < 1.29 is 14.0 Å². The summed E-state index contributed by atoms with van der Waals surface area (Å²) in [5, 5.41) is 20.0. The van der Waals surface area contributed by atoms with Gasteiger partial charge < -0.3 is 10.6 Å². The van der Waals surface area contributed by atoms with E-state index in [1.54, 1.807) is 48.0 Å². The van der Waals surface area contributed by atoms with E-state index in [0.717, 1.165) is 0 Å². The molecule has 150 valence electrons. The average molecular weight is 422 g/mol. The first kappa shape index (κ1) is 19.4. The molecule has 30 heavy (non-hydrogen) atoms. The number of halogens is 1. The third-order valence-corrected chi connectivity index (χ3v) is 4.94. The Morgan fingerprint density at radius 2 is 1.90 bits per heavy atom. The highest BCUT2D eigenvalue weighted by Gasteiger charge is 2.16. The number of benzene rings is 2. The fraction of sp³-hybridized carbons (Fsp3) is 0.0500. The monoisotopic (exact) mass is 422 g/mol. The lowest BCUT2D eigenvalue weighted by Crippen LogP contribution is -2.18. The van der Waals surface area contributed by atoms with Crippen molar-refractivity contribution in [3.63, 3.8) is 0 Å². The third-order valence-electron chi connectivity index (χ3n) is 4.26. The van der Waals surface area contributed by atoms with Crippen molar-refractivity contribution >= 4 is 34.5 Å². The molecule has 2 N–H and O–H groups in total. The number of carbonyl (C=O) groups is 2. The van der Waals surface area contributed by atoms with Gasteiger partial charge in [0.05, 0.1) is 16.8 Å². The first-order valence-corrected chi connectivity index (χ1v) is 9.76. The molecule has 2 aromatic carbocycles. The lowest BCUT2D eigenvalue weighted by Gasteiger charge is -2.12. The van der Waals surface area contributed by atoms with Gasteiger partial charge in [0.15, 0.2) is 5.82 Å². The summed E-state index contributed by atoms with van der Waals surface area (Å²) in [5.41, 5.74) is 1.60. The molecule has 0 aliphatic rings. The number of hydrogen-bond acceptors (Lipinski definition) is 6. The average Bonchev–Trinajstić information content (AvgIpc) is 3.42. The maximum atomic E-state index is 14.2. The maximum Gasteiger partial charge on any atom is 0.257 e. The van der Waals surface area contributed by atoms with Crippen LogP contribution in [0, 0.1) is 12.7 Å². The van der Waals surface area contributed by atoms with Gasteiger partial charge in [-0.05, 0) is 59.1 Å². The van der Waals surface area contributed by atoms with E-state index in [1.165, 1.54) is 34.2 Å². The van der Waals surface area contributed by atoms with Crippen LogP contribution < -0.4 is 10.6 Å². The second-order valence-electron chi connectivity index (χ2n) is 6.27. The highest BCUT2D eigenvalue weighted by Crippen LogP contribution is 2.22. The van der Waals surface area contributed by atoms with Crippen molar-refractivity contribution in [2.45, 2.75) is 6.92 Å². The van der Waals surface area contributed by atoms with Gasteiger partial charge >= 0.3 is 0 Å². The number of tetrazole rings is 1. The molecule has 0 saturated heterocycles. The Hall–Kier alpha value is -3.92. The molecule has 0 aliphatic carbocycles. The van der Waals surface area contributed by atoms with Crippen LogP contribution >= 0.6 is 11.3 Å². The van der Waals surface area contributed by atoms with Crippen LogP contribution in [0.2, 0.25) is 0 Å². The van der Waals surface area contributed by atoms with Crippen molar-refractivity contribution in [2.75, 3.05) is 10.6 Å². The van der Waals surface area contributed by atoms with Gasteiger partial charge in [0.2, 0.25) is 0 Å². The highest BCUT2D eigenvalue weighted by atomic mass is 32.1. The molecule has 0 atom stereocenters. The van der Waals surface area contributed by atoms with Gasteiger partial charge in [-0.1, -0.05) is 12.1 Å². The highest BCUT2D eigenvalue weighted by molar-refractivity contribution is 7.08. The molecule has 4 rings (SSSR count). The number of nitrogens with zero attached hydrogens (tertiary/aromatic N) is 4. The van der Waals surface area contributed by atoms with E-state index in [9.17, 15) is 14.0 Å². The first-order valence-electron chi connectivity index (χ1n) is 8.82. The fourth-order valence-corrected chi connectivity index (χ4v) is 3.42. The van der Waals surface area contributed by atoms with Crippen LogP contribution in [0.1, 0.15) is 26.5 Å². The number of carbonyl (C=O) groups excluding carboxylic acids is 2. The molecule has 10 heteroatoms. The van der Waals surface area contributed by atoms with E-state index in [4.69, 9.17) is 0 Å². The largest absolute Gasteiger partial charge is 0.322 e. The van der Waals surface area contributed by atoms with Gasteiger partial charge in [-0.3, -0.25) is 9.59 Å². The number of anilines is 2. The Kier molecular flexibility index (Phi) is 5.31. The van der Waals surface area contributed by atoms with Crippen molar-refractivity contribution in [3.8, 4) is 5.69 Å². The quantitative estimate of drug-likeness (QED) is 0.511. The van der Waals surface area contributed by atoms with Gasteiger partial charge in [-0.25, -0.2) is 4.39 Å². The number of thiophene rings is 1. The first-order chi connectivity index (χ1) is 14.5. The Balaban J connectivity index is 1.58. The Bertz CT molecular complexity index is 1220. The second-order valence-corrected chi connectivity index (χ2v) is 7.05. The molecule has 0 bridgehead atoms. The van der Waals surface area contributed by atoms with E-state index in [2.05, 4.69) is 26.2 Å². The maximum absolute atomic E-state index is 14.2. The van der Waals surface area contributed by atoms with E-state index >= 15 is 0 Å². The minimum absolute atomic E-state index is 0.106. The second kappa shape index (κ2) is 8.21. The van der Waals surface area contributed by atoms with E-state index in [1.807, 2.05) is 0 Å². The van der Waals surface area contributed by atoms with Crippen molar-refractivity contribution in [1.82, 2.24) is 20.2 Å². The predicted molar refractivity (Wildman–Crippen MR) is 111 cm³/mol. The topological polar surface area (TPSA) is 102 Å². The summed E-state index contributed by atoms with van der Waals surface area (Å²) in [6.45, 7) is 1.64. The van der Waals surface area contributed by atoms with Crippen LogP contribution in [-0.2, 0) is 0 Å². The van der Waals surface area contributed by atoms with Gasteiger partial charge in [0.1, 0.15) is 11.5 Å². The van der Waals surface area contributed by atoms with Crippen LogP contribution in [0.3, 0.4) is 0 Å². The van der Waals surface area contributed by atoms with Gasteiger partial charge in [0, 0.05) is 11.1 Å². The molecule has 0 unspecified atom stereocenters. The van der Waals surface area contributed by atoms with E-state index in [-0.39, 0.29) is 17.2 Å². The summed E-state index contributed by atoms with van der Waals surface area (Å²) in [7, 11) is 0. The van der Waals surface area contributed by atoms with Gasteiger partial charge in [0.25, 0.3) is 11.8 Å². The summed E-state index contributed by atoms with van der Waals surface area (Å²) in [6.07, 6.45) is 0. The van der Waals surface area contributed by atoms with Gasteiger partial charge in [-0.2, -0.15) is 16.0 Å². The fourth-order valence-electron chi connectivity index (χ4n) is 2.78. The number of para-hydroxylation sites is 1. The lowest BCUT2D eigenvalue weighted by molar-refractivity contribution is 0.102. The number of nitrogens with one attached hydrogen (secondary N) is 2. The Morgan fingerprint density at radius 1 is 1.07 bits per heavy atom. The zero-order valence-electron chi connectivity index (χ0n) is 15.7. The zero-order chi connectivity index (χ0) is 21.1. The SMILES string of the molecule is Cc1nnnn1-c1cc(NC(=O)c2ccccc2NC(=O)c2ccsc2)ccc1F. The Labute approximate surface area is 174 Å². The summed E-state index contributed by atoms with van der Waals surface area (Å²) >= 11 is 1.41. The smallest absolute Gasteiger partial charge is 0.257 e. The molecule has 4 aromatic rings. The zero-order valence-corrected chi connectivity index (χ0v) is 16.5. The summed E-state index contributed by atoms with van der Waals surface area (Å²) < 4.78 is 15.5. The predicted octanol–water partition coefficient (Wildman–Crippen LogP) is 3.68. The van der Waals surface area contributed by atoms with Crippen molar-refractivity contribution in [2.24, 2.45) is 0 Å². The number of rotatable bonds is 5. The minimum Gasteiger partial charge on any atom is -0.322 e. The molecule has 0 radical (unpaired) electrons. The van der Waals surface area contributed by atoms with Gasteiger partial charge in [-0.15, -0.1) is 5.10 Å². The van der Waals surface area contributed by atoms with Crippen molar-refractivity contribution in [3.05, 3.63) is 82.1 Å². The van der Waals surface area contributed by atoms with Crippen LogP contribution in [-0.4, -0.2) is 32.0 Å². The van der Waals surface area contributed by atoms with E-state index < -0.39 is 11.7 Å². The Morgan fingerprint density at radius 3 is 2.63 bits per heavy atom. The standard InChI is InChI=1S/C20H15FN6O2S/c1-12-24-25-26-27(12)18-10-14(6-7-16(18)21)22-20(29)15-4-2-3-5-17(15)23-19(28)13-8-9-30-11-13/h2-11H,1H3,(H,22,29)(H,23,28). The molecule has 0 spiro atoms. The lowest BCUT2D eigenvalue weighted by atomic mass is 10.1. The summed E-state index contributed by atoms with van der Waals surface area (Å²) in [5.74, 6) is -0.900. The van der Waals surface area contributed by atoms with E-state index in [0.29, 0.717) is 22.8 Å². The van der Waals surface area contributed by atoms with Crippen LogP contribution in [0.5, 0.6) is 0 Å². The number of hydrogen-bond donors (Lipinski definition) is 2. The summed E-state index contributed by atoms with van der Waals surface area (Å²) in [6, 6.07) is 12.4. The molecule has 8 nitrogen and oxygen atoms in total. The van der Waals surface area contributed by atoms with Crippen LogP contribution in [0.25, 0.3) is 5.69 Å². The molecule has 0 fully saturated rings. The third kappa shape index (κ3) is 3.94. The molecule has 0 aliphatic heterocycles. The molecular weight excluding hydrogens is 407 g/mol. The minimum atomic E-state index is -0.535. The molecular formula is C20H15FN6O2S. The molecule has 2 amide bonds. The number of aromatic nitrogens is 4. The normalized spacial score (nSPS) is 10.6. The number of aryl methyl sites for hydroxylation is 1. The summed E-state index contributed by atoms with van der Waals surface area (Å²) in [4.78, 5) is 25.2. The molecule has 0 saturated carbocycles. The molecule has 2 aromatic heterocycles. The molecule has 2 heterocycles.